The highest BCUT2D eigenvalue weighted by Crippen LogP contribution is 2.21. The molecule has 2 aliphatic heterocycles. The second kappa shape index (κ2) is 6.17. The molecule has 0 unspecified atom stereocenters. The van der Waals surface area contributed by atoms with Gasteiger partial charge in [0.15, 0.2) is 0 Å². The molecule has 2 aliphatic rings. The van der Waals surface area contributed by atoms with Crippen molar-refractivity contribution in [1.29, 1.82) is 0 Å². The fraction of sp³-hybridized carbons (Fsp3) is 1.00. The summed E-state index contributed by atoms with van der Waals surface area (Å²) in [6, 6.07) is 1.19. The summed E-state index contributed by atoms with van der Waals surface area (Å²) in [6.07, 6.45) is 5.18. The van der Waals surface area contributed by atoms with Crippen LogP contribution in [0.15, 0.2) is 0 Å². The van der Waals surface area contributed by atoms with Crippen molar-refractivity contribution >= 4 is 0 Å². The van der Waals surface area contributed by atoms with Gasteiger partial charge in [-0.3, -0.25) is 0 Å². The third-order valence-electron chi connectivity index (χ3n) is 4.53. The third-order valence-corrected chi connectivity index (χ3v) is 4.53. The number of rotatable bonds is 3. The summed E-state index contributed by atoms with van der Waals surface area (Å²) in [6.45, 7) is 11.0. The third kappa shape index (κ3) is 3.94. The normalized spacial score (nSPS) is 26.8. The minimum absolute atomic E-state index is 0.467. The Kier molecular flexibility index (Phi) is 4.83. The predicted molar refractivity (Wildman–Crippen MR) is 73.1 cm³/mol. The molecular weight excluding hydrogens is 210 g/mol. The van der Waals surface area contributed by atoms with Gasteiger partial charge in [-0.1, -0.05) is 0 Å². The molecule has 0 saturated carbocycles. The molecule has 0 radical (unpaired) electrons. The van der Waals surface area contributed by atoms with E-state index in [0.717, 1.165) is 12.0 Å². The van der Waals surface area contributed by atoms with Gasteiger partial charge in [-0.2, -0.15) is 0 Å². The number of likely N-dealkylation sites (tertiary alicyclic amines) is 2. The van der Waals surface area contributed by atoms with Gasteiger partial charge in [0.25, 0.3) is 0 Å². The smallest absolute Gasteiger partial charge is 0.00631 e. The highest BCUT2D eigenvalue weighted by Gasteiger charge is 2.24. The molecule has 0 aromatic carbocycles. The van der Waals surface area contributed by atoms with Crippen LogP contribution in [0.3, 0.4) is 0 Å². The lowest BCUT2D eigenvalue weighted by atomic mass is 9.94. The first kappa shape index (κ1) is 13.3. The van der Waals surface area contributed by atoms with Crippen LogP contribution in [0.25, 0.3) is 0 Å². The van der Waals surface area contributed by atoms with Crippen molar-refractivity contribution in [2.75, 3.05) is 32.7 Å². The lowest BCUT2D eigenvalue weighted by Crippen LogP contribution is -2.45. The standard InChI is InChI=1S/C14H29N3/c1-12(2)17-9-3-13(4-10-17)11-16-7-5-14(15)6-8-16/h12-14H,3-11,15H2,1-2H3. The Hall–Kier alpha value is -0.120. The van der Waals surface area contributed by atoms with E-state index in [1.807, 2.05) is 0 Å². The number of hydrogen-bond donors (Lipinski definition) is 1. The van der Waals surface area contributed by atoms with Crippen molar-refractivity contribution in [1.82, 2.24) is 9.80 Å². The lowest BCUT2D eigenvalue weighted by molar-refractivity contribution is 0.111. The maximum absolute atomic E-state index is 5.95. The van der Waals surface area contributed by atoms with Crippen LogP contribution < -0.4 is 5.73 Å². The van der Waals surface area contributed by atoms with Crippen molar-refractivity contribution in [3.8, 4) is 0 Å². The second-order valence-corrected chi connectivity index (χ2v) is 6.21. The molecule has 100 valence electrons. The Labute approximate surface area is 106 Å². The highest BCUT2D eigenvalue weighted by molar-refractivity contribution is 4.80. The molecule has 0 aliphatic carbocycles. The molecule has 2 rings (SSSR count). The van der Waals surface area contributed by atoms with E-state index in [-0.39, 0.29) is 0 Å². The van der Waals surface area contributed by atoms with Crippen molar-refractivity contribution in [2.24, 2.45) is 11.7 Å². The summed E-state index contributed by atoms with van der Waals surface area (Å²) in [5.74, 6) is 0.930. The zero-order valence-electron chi connectivity index (χ0n) is 11.6. The Morgan fingerprint density at radius 3 is 2.12 bits per heavy atom. The lowest BCUT2D eigenvalue weighted by Gasteiger charge is -2.38. The van der Waals surface area contributed by atoms with E-state index in [1.54, 1.807) is 0 Å². The number of nitrogens with two attached hydrogens (primary N) is 1. The molecule has 2 fully saturated rings. The molecule has 0 aromatic rings. The molecule has 2 heterocycles. The molecule has 0 spiro atoms. The van der Waals surface area contributed by atoms with Crippen molar-refractivity contribution in [3.63, 3.8) is 0 Å². The Balaban J connectivity index is 1.67. The summed E-state index contributed by atoms with van der Waals surface area (Å²) in [4.78, 5) is 5.25. The van der Waals surface area contributed by atoms with Gasteiger partial charge >= 0.3 is 0 Å². The first-order chi connectivity index (χ1) is 8.15. The van der Waals surface area contributed by atoms with Crippen LogP contribution in [0.1, 0.15) is 39.5 Å². The van der Waals surface area contributed by atoms with Gasteiger partial charge in [0, 0.05) is 18.6 Å². The number of nitrogens with zero attached hydrogens (tertiary/aromatic N) is 2. The van der Waals surface area contributed by atoms with Gasteiger partial charge in [0.05, 0.1) is 0 Å². The summed E-state index contributed by atoms with van der Waals surface area (Å²) >= 11 is 0. The maximum atomic E-state index is 5.95. The highest BCUT2D eigenvalue weighted by atomic mass is 15.2. The molecule has 3 heteroatoms. The van der Waals surface area contributed by atoms with Crippen molar-refractivity contribution in [2.45, 2.75) is 51.6 Å². The molecular formula is C14H29N3. The monoisotopic (exact) mass is 239 g/mol. The van der Waals surface area contributed by atoms with E-state index in [1.165, 1.54) is 58.4 Å². The van der Waals surface area contributed by atoms with Crippen LogP contribution >= 0.6 is 0 Å². The van der Waals surface area contributed by atoms with E-state index in [9.17, 15) is 0 Å². The fourth-order valence-corrected chi connectivity index (χ4v) is 3.15. The SMILES string of the molecule is CC(C)N1CCC(CN2CCC(N)CC2)CC1. The van der Waals surface area contributed by atoms with Gasteiger partial charge in [-0.15, -0.1) is 0 Å². The molecule has 2 N–H and O–H groups in total. The molecule has 0 atom stereocenters. The Bertz CT molecular complexity index is 214. The van der Waals surface area contributed by atoms with E-state index in [2.05, 4.69) is 23.6 Å². The molecule has 2 saturated heterocycles. The molecule has 17 heavy (non-hydrogen) atoms. The second-order valence-electron chi connectivity index (χ2n) is 6.21. The quantitative estimate of drug-likeness (QED) is 0.811. The topological polar surface area (TPSA) is 32.5 Å². The van der Waals surface area contributed by atoms with E-state index in [0.29, 0.717) is 6.04 Å². The fourth-order valence-electron chi connectivity index (χ4n) is 3.15. The molecule has 3 nitrogen and oxygen atoms in total. The predicted octanol–water partition coefficient (Wildman–Crippen LogP) is 1.53. The first-order valence-corrected chi connectivity index (χ1v) is 7.37. The average molecular weight is 239 g/mol. The van der Waals surface area contributed by atoms with Gasteiger partial charge in [-0.25, -0.2) is 0 Å². The van der Waals surface area contributed by atoms with Crippen molar-refractivity contribution in [3.05, 3.63) is 0 Å². The summed E-state index contributed by atoms with van der Waals surface area (Å²) in [7, 11) is 0. The van der Waals surface area contributed by atoms with Crippen molar-refractivity contribution < 1.29 is 0 Å². The van der Waals surface area contributed by atoms with Crippen LogP contribution in [0.4, 0.5) is 0 Å². The first-order valence-electron chi connectivity index (χ1n) is 7.37. The maximum Gasteiger partial charge on any atom is 0.00631 e. The number of hydrogen-bond acceptors (Lipinski definition) is 3. The van der Waals surface area contributed by atoms with E-state index in [4.69, 9.17) is 5.73 Å². The van der Waals surface area contributed by atoms with Crippen LogP contribution in [-0.2, 0) is 0 Å². The summed E-state index contributed by atoms with van der Waals surface area (Å²) in [5, 5.41) is 0. The van der Waals surface area contributed by atoms with Crippen LogP contribution in [0.2, 0.25) is 0 Å². The van der Waals surface area contributed by atoms with Gasteiger partial charge in [0.1, 0.15) is 0 Å². The Morgan fingerprint density at radius 2 is 1.59 bits per heavy atom. The average Bonchev–Trinajstić information content (AvgIpc) is 2.33. The van der Waals surface area contributed by atoms with Gasteiger partial charge in [0.2, 0.25) is 0 Å². The van der Waals surface area contributed by atoms with Gasteiger partial charge in [-0.05, 0) is 71.6 Å². The Morgan fingerprint density at radius 1 is 1.00 bits per heavy atom. The van der Waals surface area contributed by atoms with Gasteiger partial charge < -0.3 is 15.5 Å². The van der Waals surface area contributed by atoms with E-state index < -0.39 is 0 Å². The molecule has 0 amide bonds. The zero-order chi connectivity index (χ0) is 12.3. The minimum Gasteiger partial charge on any atom is -0.328 e. The van der Waals surface area contributed by atoms with Crippen LogP contribution in [0.5, 0.6) is 0 Å². The molecule has 0 bridgehead atoms. The zero-order valence-corrected chi connectivity index (χ0v) is 11.6. The minimum atomic E-state index is 0.467. The number of piperidine rings is 2. The van der Waals surface area contributed by atoms with Crippen LogP contribution in [0, 0.1) is 5.92 Å². The molecule has 0 aromatic heterocycles. The largest absolute Gasteiger partial charge is 0.328 e. The van der Waals surface area contributed by atoms with E-state index >= 15 is 0 Å². The van der Waals surface area contributed by atoms with Crippen LogP contribution in [-0.4, -0.2) is 54.6 Å². The summed E-state index contributed by atoms with van der Waals surface area (Å²) in [5.41, 5.74) is 5.95. The summed E-state index contributed by atoms with van der Waals surface area (Å²) < 4.78 is 0.